The number of carbonyl (C=O) groups excluding carboxylic acids is 2. The summed E-state index contributed by atoms with van der Waals surface area (Å²) in [4.78, 5) is 23.3. The van der Waals surface area contributed by atoms with Crippen LogP contribution < -0.4 is 10.6 Å². The van der Waals surface area contributed by atoms with E-state index in [0.717, 1.165) is 18.4 Å². The molecule has 2 aromatic rings. The lowest BCUT2D eigenvalue weighted by Crippen LogP contribution is -2.16. The first kappa shape index (κ1) is 15.9. The molecule has 0 atom stereocenters. The fraction of sp³-hybridized carbons (Fsp3) is 0.294. The van der Waals surface area contributed by atoms with E-state index in [4.69, 9.17) is 0 Å². The van der Waals surface area contributed by atoms with E-state index in [1.54, 1.807) is 18.5 Å². The number of rotatable bonds is 7. The van der Waals surface area contributed by atoms with Gasteiger partial charge in [0.25, 0.3) is 0 Å². The normalized spacial score (nSPS) is 13.3. The summed E-state index contributed by atoms with van der Waals surface area (Å²) in [5, 5.41) is 13.3. The van der Waals surface area contributed by atoms with Gasteiger partial charge in [-0.2, -0.15) is 0 Å². The molecule has 0 radical (unpaired) electrons. The number of anilines is 2. The van der Waals surface area contributed by atoms with E-state index in [0.29, 0.717) is 30.5 Å². The number of aromatic nitrogens is 3. The Morgan fingerprint density at radius 1 is 1.25 bits per heavy atom. The number of amides is 2. The van der Waals surface area contributed by atoms with E-state index in [2.05, 4.69) is 27.4 Å². The van der Waals surface area contributed by atoms with Crippen molar-refractivity contribution in [2.24, 2.45) is 0 Å². The summed E-state index contributed by atoms with van der Waals surface area (Å²) in [5.74, 6) is 0.181. The number of hydrogen-bond acceptors (Lipinski definition) is 4. The number of nitrogens with zero attached hydrogens (tertiary/aromatic N) is 3. The molecule has 7 nitrogen and oxygen atoms in total. The molecule has 2 amide bonds. The van der Waals surface area contributed by atoms with Gasteiger partial charge in [-0.25, -0.2) is 0 Å². The van der Waals surface area contributed by atoms with Crippen molar-refractivity contribution >= 4 is 23.5 Å². The summed E-state index contributed by atoms with van der Waals surface area (Å²) in [5.41, 5.74) is 1.72. The van der Waals surface area contributed by atoms with Crippen molar-refractivity contribution in [1.82, 2.24) is 14.8 Å². The third-order valence-electron chi connectivity index (χ3n) is 3.81. The summed E-state index contributed by atoms with van der Waals surface area (Å²) in [6.07, 6.45) is 6.06. The van der Waals surface area contributed by atoms with Crippen LogP contribution in [0.3, 0.4) is 0 Å². The first-order valence-electron chi connectivity index (χ1n) is 7.87. The van der Waals surface area contributed by atoms with Crippen molar-refractivity contribution < 1.29 is 9.59 Å². The molecule has 0 bridgehead atoms. The van der Waals surface area contributed by atoms with Crippen molar-refractivity contribution in [2.75, 3.05) is 10.6 Å². The monoisotopic (exact) mass is 325 g/mol. The topological polar surface area (TPSA) is 88.9 Å². The number of hydrogen-bond donors (Lipinski definition) is 2. The zero-order valence-corrected chi connectivity index (χ0v) is 13.2. The number of nitrogens with one attached hydrogen (secondary N) is 2. The van der Waals surface area contributed by atoms with Crippen LogP contribution in [0.1, 0.15) is 30.9 Å². The van der Waals surface area contributed by atoms with Gasteiger partial charge in [0.15, 0.2) is 0 Å². The third kappa shape index (κ3) is 4.07. The first-order valence-corrected chi connectivity index (χ1v) is 7.87. The van der Waals surface area contributed by atoms with E-state index in [-0.39, 0.29) is 11.8 Å². The van der Waals surface area contributed by atoms with Gasteiger partial charge in [0.1, 0.15) is 6.33 Å². The van der Waals surface area contributed by atoms with Crippen LogP contribution in [0.25, 0.3) is 0 Å². The van der Waals surface area contributed by atoms with Gasteiger partial charge in [-0.05, 0) is 43.0 Å². The molecular weight excluding hydrogens is 306 g/mol. The highest BCUT2D eigenvalue weighted by Crippen LogP contribution is 2.36. The Bertz CT molecular complexity index is 747. The highest BCUT2D eigenvalue weighted by atomic mass is 16.2. The smallest absolute Gasteiger partial charge is 0.247 e. The number of aryl methyl sites for hydroxylation is 1. The highest BCUT2D eigenvalue weighted by Gasteiger charge is 2.26. The van der Waals surface area contributed by atoms with E-state index in [1.807, 2.05) is 16.7 Å². The molecule has 0 saturated heterocycles. The standard InChI is InChI=1S/C17H19N5O2/c1-2-15(23)19-13-6-3-12(4-7-13)5-10-16(24)20-17-21-18-11-22(17)14-8-9-14/h2-4,6-7,11,14H,1,5,8-10H2,(H,19,23)(H,20,21,24). The largest absolute Gasteiger partial charge is 0.323 e. The van der Waals surface area contributed by atoms with Crippen LogP contribution in [0, 0.1) is 0 Å². The third-order valence-corrected chi connectivity index (χ3v) is 3.81. The fourth-order valence-electron chi connectivity index (χ4n) is 2.35. The van der Waals surface area contributed by atoms with Crippen LogP contribution in [0.4, 0.5) is 11.6 Å². The Balaban J connectivity index is 1.49. The minimum absolute atomic E-state index is 0.0889. The van der Waals surface area contributed by atoms with Crippen molar-refractivity contribution in [2.45, 2.75) is 31.7 Å². The molecule has 0 spiro atoms. The van der Waals surface area contributed by atoms with Crippen LogP contribution >= 0.6 is 0 Å². The van der Waals surface area contributed by atoms with E-state index in [9.17, 15) is 9.59 Å². The van der Waals surface area contributed by atoms with Crippen LogP contribution in [0.15, 0.2) is 43.2 Å². The Labute approximate surface area is 139 Å². The zero-order valence-electron chi connectivity index (χ0n) is 13.2. The molecule has 1 heterocycles. The van der Waals surface area contributed by atoms with Crippen molar-refractivity contribution in [3.05, 3.63) is 48.8 Å². The molecule has 0 aliphatic heterocycles. The molecule has 1 aliphatic carbocycles. The minimum atomic E-state index is -0.248. The molecule has 1 aliphatic rings. The van der Waals surface area contributed by atoms with E-state index >= 15 is 0 Å². The van der Waals surface area contributed by atoms with Gasteiger partial charge in [0.2, 0.25) is 17.8 Å². The average molecular weight is 325 g/mol. The predicted octanol–water partition coefficient (Wildman–Crippen LogP) is 2.31. The summed E-state index contributed by atoms with van der Waals surface area (Å²) in [7, 11) is 0. The Hall–Kier alpha value is -2.96. The highest BCUT2D eigenvalue weighted by molar-refractivity contribution is 5.98. The first-order chi connectivity index (χ1) is 11.7. The molecule has 24 heavy (non-hydrogen) atoms. The SMILES string of the molecule is C=CC(=O)Nc1ccc(CCC(=O)Nc2nncn2C2CC2)cc1. The molecule has 1 aromatic carbocycles. The molecule has 1 saturated carbocycles. The van der Waals surface area contributed by atoms with Crippen LogP contribution in [0.5, 0.6) is 0 Å². The molecule has 1 aromatic heterocycles. The number of carbonyl (C=O) groups is 2. The lowest BCUT2D eigenvalue weighted by Gasteiger charge is -2.07. The maximum absolute atomic E-state index is 12.1. The van der Waals surface area contributed by atoms with Crippen LogP contribution in [-0.4, -0.2) is 26.6 Å². The van der Waals surface area contributed by atoms with Crippen molar-refractivity contribution in [3.8, 4) is 0 Å². The molecular formula is C17H19N5O2. The molecule has 3 rings (SSSR count). The zero-order chi connectivity index (χ0) is 16.9. The molecule has 2 N–H and O–H groups in total. The second kappa shape index (κ2) is 7.08. The lowest BCUT2D eigenvalue weighted by molar-refractivity contribution is -0.116. The molecule has 7 heteroatoms. The summed E-state index contributed by atoms with van der Waals surface area (Å²) in [6.45, 7) is 3.41. The van der Waals surface area contributed by atoms with E-state index < -0.39 is 0 Å². The average Bonchev–Trinajstić information content (AvgIpc) is 3.34. The quantitative estimate of drug-likeness (QED) is 0.765. The molecule has 124 valence electrons. The van der Waals surface area contributed by atoms with Crippen LogP contribution in [-0.2, 0) is 16.0 Å². The lowest BCUT2D eigenvalue weighted by atomic mass is 10.1. The Morgan fingerprint density at radius 3 is 2.67 bits per heavy atom. The van der Waals surface area contributed by atoms with E-state index in [1.165, 1.54) is 6.08 Å². The van der Waals surface area contributed by atoms with Crippen LogP contribution in [0.2, 0.25) is 0 Å². The predicted molar refractivity (Wildman–Crippen MR) is 90.5 cm³/mol. The van der Waals surface area contributed by atoms with Crippen molar-refractivity contribution in [1.29, 1.82) is 0 Å². The van der Waals surface area contributed by atoms with Gasteiger partial charge in [0.05, 0.1) is 0 Å². The maximum atomic E-state index is 12.1. The minimum Gasteiger partial charge on any atom is -0.323 e. The second-order valence-corrected chi connectivity index (χ2v) is 5.73. The van der Waals surface area contributed by atoms with Gasteiger partial charge >= 0.3 is 0 Å². The molecule has 0 unspecified atom stereocenters. The van der Waals surface area contributed by atoms with Gasteiger partial charge in [-0.1, -0.05) is 18.7 Å². The Kier molecular flexibility index (Phi) is 4.69. The van der Waals surface area contributed by atoms with Gasteiger partial charge in [-0.3, -0.25) is 19.5 Å². The summed E-state index contributed by atoms with van der Waals surface area (Å²) in [6, 6.07) is 7.81. The van der Waals surface area contributed by atoms with Gasteiger partial charge < -0.3 is 5.32 Å². The van der Waals surface area contributed by atoms with Crippen molar-refractivity contribution in [3.63, 3.8) is 0 Å². The van der Waals surface area contributed by atoms with Gasteiger partial charge in [-0.15, -0.1) is 10.2 Å². The summed E-state index contributed by atoms with van der Waals surface area (Å²) >= 11 is 0. The van der Waals surface area contributed by atoms with Gasteiger partial charge in [0, 0.05) is 18.2 Å². The summed E-state index contributed by atoms with van der Waals surface area (Å²) < 4.78 is 1.91. The Morgan fingerprint density at radius 2 is 2.00 bits per heavy atom. The number of benzene rings is 1. The maximum Gasteiger partial charge on any atom is 0.247 e. The fourth-order valence-corrected chi connectivity index (χ4v) is 2.35. The second-order valence-electron chi connectivity index (χ2n) is 5.73. The molecule has 1 fully saturated rings.